The molecule has 0 amide bonds. The summed E-state index contributed by atoms with van der Waals surface area (Å²) in [5, 5.41) is 0. The van der Waals surface area contributed by atoms with Crippen molar-refractivity contribution in [3.8, 4) is 0 Å². The number of hydrogen-bond donors (Lipinski definition) is 1. The Morgan fingerprint density at radius 1 is 1.23 bits per heavy atom. The fourth-order valence-electron chi connectivity index (χ4n) is 1.17. The molecule has 0 unspecified atom stereocenters. The summed E-state index contributed by atoms with van der Waals surface area (Å²) in [7, 11) is 0. The van der Waals surface area contributed by atoms with Gasteiger partial charge in [0.25, 0.3) is 0 Å². The molecule has 0 aromatic carbocycles. The van der Waals surface area contributed by atoms with Crippen molar-refractivity contribution >= 4 is 29.2 Å². The van der Waals surface area contributed by atoms with Crippen LogP contribution in [0.3, 0.4) is 0 Å². The number of unbranched alkanes of at least 4 members (excludes halogenated alkanes) is 3. The standard InChI is InChI=1S/C10H20OS2/c1-9(2)7-5-3-4-6-8-11-10(12)13/h9H,3-8H2,1-2H3,(H,12,13). The normalized spacial score (nSPS) is 10.5. The Labute approximate surface area is 92.7 Å². The molecule has 0 fully saturated rings. The summed E-state index contributed by atoms with van der Waals surface area (Å²) in [6, 6.07) is 0. The lowest BCUT2D eigenvalue weighted by atomic mass is 10.0. The van der Waals surface area contributed by atoms with Crippen molar-refractivity contribution in [3.05, 3.63) is 0 Å². The summed E-state index contributed by atoms with van der Waals surface area (Å²) in [6.45, 7) is 5.26. The molecule has 0 aliphatic heterocycles. The van der Waals surface area contributed by atoms with E-state index in [1.165, 1.54) is 25.7 Å². The van der Waals surface area contributed by atoms with Crippen LogP contribution in [0, 0.1) is 5.92 Å². The van der Waals surface area contributed by atoms with E-state index in [1.807, 2.05) is 0 Å². The van der Waals surface area contributed by atoms with Gasteiger partial charge in [0.2, 0.25) is 4.38 Å². The highest BCUT2D eigenvalue weighted by molar-refractivity contribution is 8.10. The molecule has 0 radical (unpaired) electrons. The molecular weight excluding hydrogens is 200 g/mol. The molecule has 1 nitrogen and oxygen atoms in total. The first kappa shape index (κ1) is 13.2. The van der Waals surface area contributed by atoms with Crippen molar-refractivity contribution in [2.45, 2.75) is 46.0 Å². The molecule has 0 aromatic heterocycles. The Hall–Kier alpha value is 0.240. The van der Waals surface area contributed by atoms with E-state index in [4.69, 9.17) is 4.74 Å². The van der Waals surface area contributed by atoms with Gasteiger partial charge in [-0.25, -0.2) is 0 Å². The van der Waals surface area contributed by atoms with E-state index in [9.17, 15) is 0 Å². The third-order valence-electron chi connectivity index (χ3n) is 1.90. The highest BCUT2D eigenvalue weighted by atomic mass is 32.1. The summed E-state index contributed by atoms with van der Waals surface area (Å²) >= 11 is 8.55. The highest BCUT2D eigenvalue weighted by Gasteiger charge is 1.95. The molecule has 0 bridgehead atoms. The minimum atomic E-state index is 0.363. The lowest BCUT2D eigenvalue weighted by Crippen LogP contribution is -1.96. The summed E-state index contributed by atoms with van der Waals surface area (Å²) in [5.41, 5.74) is 0. The van der Waals surface area contributed by atoms with Gasteiger partial charge in [0.1, 0.15) is 0 Å². The van der Waals surface area contributed by atoms with E-state index in [-0.39, 0.29) is 0 Å². The van der Waals surface area contributed by atoms with E-state index in [0.717, 1.165) is 18.9 Å². The van der Waals surface area contributed by atoms with Crippen molar-refractivity contribution in [3.63, 3.8) is 0 Å². The van der Waals surface area contributed by atoms with Crippen molar-refractivity contribution in [2.75, 3.05) is 6.61 Å². The second-order valence-electron chi connectivity index (χ2n) is 3.71. The number of hydrogen-bond acceptors (Lipinski definition) is 2. The average Bonchev–Trinajstić information content (AvgIpc) is 2.01. The van der Waals surface area contributed by atoms with Gasteiger partial charge >= 0.3 is 0 Å². The van der Waals surface area contributed by atoms with Crippen LogP contribution in [0.4, 0.5) is 0 Å². The fraction of sp³-hybridized carbons (Fsp3) is 0.900. The maximum Gasteiger partial charge on any atom is 0.216 e. The van der Waals surface area contributed by atoms with Crippen LogP contribution in [-0.4, -0.2) is 11.0 Å². The van der Waals surface area contributed by atoms with Gasteiger partial charge in [-0.15, -0.1) is 0 Å². The topological polar surface area (TPSA) is 9.23 Å². The zero-order valence-electron chi connectivity index (χ0n) is 8.58. The van der Waals surface area contributed by atoms with Crippen LogP contribution in [-0.2, 0) is 4.74 Å². The van der Waals surface area contributed by atoms with Crippen LogP contribution in [0.25, 0.3) is 0 Å². The fourth-order valence-corrected chi connectivity index (χ4v) is 1.34. The van der Waals surface area contributed by atoms with Gasteiger partial charge in [-0.2, -0.15) is 0 Å². The molecule has 0 aliphatic carbocycles. The van der Waals surface area contributed by atoms with Gasteiger partial charge in [-0.3, -0.25) is 0 Å². The SMILES string of the molecule is CC(C)CCCCCCOC(=S)S. The van der Waals surface area contributed by atoms with Gasteiger partial charge in [0.05, 0.1) is 6.61 Å². The Balaban J connectivity index is 2.96. The zero-order chi connectivity index (χ0) is 10.1. The number of thiocarbonyl (C=S) groups is 1. The van der Waals surface area contributed by atoms with Crippen molar-refractivity contribution in [1.29, 1.82) is 0 Å². The summed E-state index contributed by atoms with van der Waals surface area (Å²) < 4.78 is 5.43. The van der Waals surface area contributed by atoms with Crippen LogP contribution in [0.1, 0.15) is 46.0 Å². The third kappa shape index (κ3) is 12.2. The second-order valence-corrected chi connectivity index (χ2v) is 4.79. The van der Waals surface area contributed by atoms with Crippen molar-refractivity contribution in [2.24, 2.45) is 5.92 Å². The molecule has 78 valence electrons. The van der Waals surface area contributed by atoms with E-state index in [1.54, 1.807) is 0 Å². The average molecular weight is 220 g/mol. The number of thiol groups is 1. The van der Waals surface area contributed by atoms with Crippen LogP contribution in [0.2, 0.25) is 0 Å². The first-order chi connectivity index (χ1) is 6.13. The molecule has 0 saturated heterocycles. The largest absolute Gasteiger partial charge is 0.479 e. The lowest BCUT2D eigenvalue weighted by molar-refractivity contribution is 0.307. The molecular formula is C10H20OS2. The number of rotatable bonds is 7. The van der Waals surface area contributed by atoms with Gasteiger partial charge in [-0.1, -0.05) is 52.2 Å². The molecule has 0 rings (SSSR count). The van der Waals surface area contributed by atoms with E-state index in [2.05, 4.69) is 38.7 Å². The third-order valence-corrected chi connectivity index (χ3v) is 2.15. The predicted molar refractivity (Wildman–Crippen MR) is 65.5 cm³/mol. The predicted octanol–water partition coefficient (Wildman–Crippen LogP) is 3.82. The number of ether oxygens (including phenoxy) is 1. The summed E-state index contributed by atoms with van der Waals surface area (Å²) in [6.07, 6.45) is 6.32. The van der Waals surface area contributed by atoms with Crippen LogP contribution < -0.4 is 0 Å². The quantitative estimate of drug-likeness (QED) is 0.397. The molecule has 0 heterocycles. The molecule has 0 saturated carbocycles. The molecule has 0 aliphatic rings. The van der Waals surface area contributed by atoms with E-state index < -0.39 is 0 Å². The zero-order valence-corrected chi connectivity index (χ0v) is 10.3. The first-order valence-corrected chi connectivity index (χ1v) is 5.84. The second kappa shape index (κ2) is 8.82. The minimum Gasteiger partial charge on any atom is -0.479 e. The molecule has 0 N–H and O–H groups in total. The van der Waals surface area contributed by atoms with Crippen molar-refractivity contribution in [1.82, 2.24) is 0 Å². The van der Waals surface area contributed by atoms with Gasteiger partial charge < -0.3 is 4.74 Å². The maximum absolute atomic E-state index is 5.07. The van der Waals surface area contributed by atoms with E-state index in [0.29, 0.717) is 4.38 Å². The molecule has 3 heteroatoms. The Morgan fingerprint density at radius 3 is 2.38 bits per heavy atom. The highest BCUT2D eigenvalue weighted by Crippen LogP contribution is 2.09. The van der Waals surface area contributed by atoms with Crippen LogP contribution >= 0.6 is 24.8 Å². The van der Waals surface area contributed by atoms with E-state index >= 15 is 0 Å². The molecule has 13 heavy (non-hydrogen) atoms. The van der Waals surface area contributed by atoms with Crippen molar-refractivity contribution < 1.29 is 4.74 Å². The van der Waals surface area contributed by atoms with Gasteiger partial charge in [0, 0.05) is 0 Å². The first-order valence-electron chi connectivity index (χ1n) is 4.98. The van der Waals surface area contributed by atoms with Crippen LogP contribution in [0.15, 0.2) is 0 Å². The van der Waals surface area contributed by atoms with Gasteiger partial charge in [-0.05, 0) is 24.6 Å². The Kier molecular flexibility index (Phi) is 8.98. The summed E-state index contributed by atoms with van der Waals surface area (Å²) in [4.78, 5) is 0. The molecule has 0 atom stereocenters. The Bertz CT molecular complexity index is 135. The monoisotopic (exact) mass is 220 g/mol. The maximum atomic E-state index is 5.07. The molecule has 0 aromatic rings. The van der Waals surface area contributed by atoms with Gasteiger partial charge in [0.15, 0.2) is 0 Å². The van der Waals surface area contributed by atoms with Crippen LogP contribution in [0.5, 0.6) is 0 Å². The summed E-state index contributed by atoms with van der Waals surface area (Å²) in [5.74, 6) is 0.835. The Morgan fingerprint density at radius 2 is 1.85 bits per heavy atom. The smallest absolute Gasteiger partial charge is 0.216 e. The lowest BCUT2D eigenvalue weighted by Gasteiger charge is -2.04. The minimum absolute atomic E-state index is 0.363. The molecule has 0 spiro atoms.